The number of rotatable bonds is 10. The lowest BCUT2D eigenvalue weighted by Crippen LogP contribution is -2.34. The molecule has 194 valence electrons. The maximum atomic E-state index is 12.6. The third-order valence-corrected chi connectivity index (χ3v) is 7.59. The first-order valence-corrected chi connectivity index (χ1v) is 13.2. The van der Waals surface area contributed by atoms with Crippen molar-refractivity contribution in [2.24, 2.45) is 11.1 Å². The molecule has 0 bridgehead atoms. The molecule has 1 amide bonds. The number of piperidine rings is 1. The van der Waals surface area contributed by atoms with Crippen LogP contribution in [0, 0.1) is 5.41 Å². The van der Waals surface area contributed by atoms with Crippen LogP contribution in [0.1, 0.15) is 79.8 Å². The molecule has 3 N–H and O–H groups in total. The molecule has 1 aromatic rings. The predicted molar refractivity (Wildman–Crippen MR) is 149 cm³/mol. The minimum atomic E-state index is 0.0244. The lowest BCUT2D eigenvalue weighted by Gasteiger charge is -2.27. The summed E-state index contributed by atoms with van der Waals surface area (Å²) in [4.78, 5) is 17.1. The molecule has 2 heterocycles. The molecule has 1 unspecified atom stereocenters. The van der Waals surface area contributed by atoms with Gasteiger partial charge in [0, 0.05) is 31.4 Å². The standard InChI is InChI=1S/C17H23N3O.C11H21N.C2H4/c1-4-15(8-5-12(2)19-3)20-11-14-7-6-13(10-18)9-16(14)17(20)21;1-11(5-6-11)7-10-12-8-3-2-4-9-12;1-2/h4,6-7,9,15,19H,1-2,5,8,10-11,18H2,3H3;2-10H2,1H3;1-2H2. The van der Waals surface area contributed by atoms with Crippen LogP contribution in [0.2, 0.25) is 0 Å². The van der Waals surface area contributed by atoms with E-state index in [1.165, 1.54) is 58.2 Å². The van der Waals surface area contributed by atoms with Crippen LogP contribution in [-0.4, -0.2) is 48.4 Å². The van der Waals surface area contributed by atoms with E-state index in [9.17, 15) is 4.79 Å². The van der Waals surface area contributed by atoms with Crippen LogP contribution in [0.3, 0.4) is 0 Å². The Morgan fingerprint density at radius 3 is 2.49 bits per heavy atom. The third-order valence-electron chi connectivity index (χ3n) is 7.59. The van der Waals surface area contributed by atoms with E-state index in [4.69, 9.17) is 5.73 Å². The average molecular weight is 481 g/mol. The molecule has 4 rings (SSSR count). The molecule has 2 aliphatic heterocycles. The second kappa shape index (κ2) is 14.3. The number of likely N-dealkylation sites (tertiary alicyclic amines) is 1. The van der Waals surface area contributed by atoms with E-state index >= 15 is 0 Å². The molecule has 1 saturated carbocycles. The average Bonchev–Trinajstić information content (AvgIpc) is 3.57. The van der Waals surface area contributed by atoms with Gasteiger partial charge in [-0.2, -0.15) is 0 Å². The van der Waals surface area contributed by atoms with E-state index in [0.29, 0.717) is 13.1 Å². The van der Waals surface area contributed by atoms with Crippen molar-refractivity contribution in [1.29, 1.82) is 0 Å². The van der Waals surface area contributed by atoms with Gasteiger partial charge in [-0.15, -0.1) is 19.7 Å². The van der Waals surface area contributed by atoms with Gasteiger partial charge in [0.1, 0.15) is 0 Å². The third kappa shape index (κ3) is 8.66. The second-order valence-corrected chi connectivity index (χ2v) is 10.3. The van der Waals surface area contributed by atoms with Crippen molar-refractivity contribution in [2.45, 2.75) is 77.4 Å². The number of carbonyl (C=O) groups is 1. The molecule has 2 fully saturated rings. The monoisotopic (exact) mass is 480 g/mol. The molecule has 0 radical (unpaired) electrons. The number of nitrogens with one attached hydrogen (secondary N) is 1. The molecular weight excluding hydrogens is 432 g/mol. The van der Waals surface area contributed by atoms with E-state index in [1.54, 1.807) is 0 Å². The predicted octanol–water partition coefficient (Wildman–Crippen LogP) is 5.63. The molecule has 1 aliphatic carbocycles. The normalized spacial score (nSPS) is 18.8. The molecule has 0 spiro atoms. The summed E-state index contributed by atoms with van der Waals surface area (Å²) < 4.78 is 0. The first-order valence-electron chi connectivity index (χ1n) is 13.2. The SMILES string of the molecule is C=C.C=CC(CCC(=C)NC)N1Cc2ccc(CN)cc2C1=O.CC1(CCN2CCCCC2)CC1. The van der Waals surface area contributed by atoms with Gasteiger partial charge >= 0.3 is 0 Å². The van der Waals surface area contributed by atoms with E-state index in [1.807, 2.05) is 36.2 Å². The molecule has 1 atom stereocenters. The van der Waals surface area contributed by atoms with Gasteiger partial charge in [-0.25, -0.2) is 0 Å². The molecule has 1 saturated heterocycles. The highest BCUT2D eigenvalue weighted by atomic mass is 16.2. The van der Waals surface area contributed by atoms with Gasteiger partial charge in [0.05, 0.1) is 6.04 Å². The Kier molecular flexibility index (Phi) is 11.8. The Bertz CT molecular complexity index is 839. The van der Waals surface area contributed by atoms with Crippen LogP contribution in [0.4, 0.5) is 0 Å². The number of hydrogen-bond donors (Lipinski definition) is 2. The first-order chi connectivity index (χ1) is 16.9. The quantitative estimate of drug-likeness (QED) is 0.426. The van der Waals surface area contributed by atoms with Crippen molar-refractivity contribution in [3.05, 3.63) is 73.0 Å². The Balaban J connectivity index is 0.000000260. The van der Waals surface area contributed by atoms with Crippen molar-refractivity contribution in [1.82, 2.24) is 15.1 Å². The molecule has 5 nitrogen and oxygen atoms in total. The fourth-order valence-electron chi connectivity index (χ4n) is 4.69. The number of amides is 1. The Labute approximate surface area is 214 Å². The number of nitrogens with two attached hydrogens (primary N) is 1. The van der Waals surface area contributed by atoms with Crippen LogP contribution >= 0.6 is 0 Å². The second-order valence-electron chi connectivity index (χ2n) is 10.3. The summed E-state index contributed by atoms with van der Waals surface area (Å²) in [6, 6.07) is 5.92. The molecule has 5 heteroatoms. The number of allylic oxidation sites excluding steroid dienone is 1. The van der Waals surface area contributed by atoms with Gasteiger partial charge in [-0.3, -0.25) is 4.79 Å². The Morgan fingerprint density at radius 2 is 1.91 bits per heavy atom. The Morgan fingerprint density at radius 1 is 1.23 bits per heavy atom. The topological polar surface area (TPSA) is 61.6 Å². The van der Waals surface area contributed by atoms with Crippen LogP contribution in [-0.2, 0) is 13.1 Å². The van der Waals surface area contributed by atoms with Crippen LogP contribution in [0.5, 0.6) is 0 Å². The van der Waals surface area contributed by atoms with E-state index < -0.39 is 0 Å². The van der Waals surface area contributed by atoms with Crippen molar-refractivity contribution < 1.29 is 4.79 Å². The van der Waals surface area contributed by atoms with E-state index in [2.05, 4.69) is 43.5 Å². The van der Waals surface area contributed by atoms with Gasteiger partial charge in [-0.1, -0.05) is 38.1 Å². The largest absolute Gasteiger partial charge is 0.392 e. The van der Waals surface area contributed by atoms with Crippen LogP contribution < -0.4 is 11.1 Å². The smallest absolute Gasteiger partial charge is 0.255 e. The zero-order valence-electron chi connectivity index (χ0n) is 22.3. The number of nitrogens with zero attached hydrogens (tertiary/aromatic N) is 2. The highest BCUT2D eigenvalue weighted by molar-refractivity contribution is 5.98. The minimum absolute atomic E-state index is 0.0244. The zero-order chi connectivity index (χ0) is 25.8. The summed E-state index contributed by atoms with van der Waals surface area (Å²) in [6.07, 6.45) is 12.3. The summed E-state index contributed by atoms with van der Waals surface area (Å²) >= 11 is 0. The number of carbonyl (C=O) groups excluding carboxylic acids is 1. The van der Waals surface area contributed by atoms with E-state index in [-0.39, 0.29) is 11.9 Å². The van der Waals surface area contributed by atoms with Crippen molar-refractivity contribution in [2.75, 3.05) is 26.7 Å². The minimum Gasteiger partial charge on any atom is -0.392 e. The van der Waals surface area contributed by atoms with Gasteiger partial charge < -0.3 is 20.9 Å². The lowest BCUT2D eigenvalue weighted by atomic mass is 10.0. The summed E-state index contributed by atoms with van der Waals surface area (Å²) in [7, 11) is 1.86. The van der Waals surface area contributed by atoms with E-state index in [0.717, 1.165) is 40.6 Å². The van der Waals surface area contributed by atoms with Gasteiger partial charge in [0.2, 0.25) is 0 Å². The highest BCUT2D eigenvalue weighted by Crippen LogP contribution is 2.48. The molecule has 1 aromatic carbocycles. The van der Waals surface area contributed by atoms with Crippen molar-refractivity contribution in [3.8, 4) is 0 Å². The highest BCUT2D eigenvalue weighted by Gasteiger charge is 2.36. The van der Waals surface area contributed by atoms with Gasteiger partial charge in [0.15, 0.2) is 0 Å². The fourth-order valence-corrected chi connectivity index (χ4v) is 4.69. The maximum absolute atomic E-state index is 12.6. The fraction of sp³-hybridized carbons (Fsp3) is 0.567. The number of hydrogen-bond acceptors (Lipinski definition) is 4. The van der Waals surface area contributed by atoms with Crippen molar-refractivity contribution >= 4 is 5.91 Å². The zero-order valence-corrected chi connectivity index (χ0v) is 22.3. The van der Waals surface area contributed by atoms with Gasteiger partial charge in [0.25, 0.3) is 5.91 Å². The van der Waals surface area contributed by atoms with Crippen molar-refractivity contribution in [3.63, 3.8) is 0 Å². The summed E-state index contributed by atoms with van der Waals surface area (Å²) in [5.41, 5.74) is 10.2. The van der Waals surface area contributed by atoms with Crippen LogP contribution in [0.15, 0.2) is 56.3 Å². The van der Waals surface area contributed by atoms with Gasteiger partial charge in [-0.05, 0) is 87.2 Å². The molecule has 35 heavy (non-hydrogen) atoms. The molecule has 3 aliphatic rings. The summed E-state index contributed by atoms with van der Waals surface area (Å²) in [6.45, 7) is 21.4. The summed E-state index contributed by atoms with van der Waals surface area (Å²) in [5, 5.41) is 3.03. The molecule has 0 aromatic heterocycles. The summed E-state index contributed by atoms with van der Waals surface area (Å²) in [5.74, 6) is 0.0697. The molecular formula is C30H48N4O. The maximum Gasteiger partial charge on any atom is 0.255 e. The Hall–Kier alpha value is -2.37. The number of fused-ring (bicyclic) bond motifs is 1. The van der Waals surface area contributed by atoms with Crippen LogP contribution in [0.25, 0.3) is 0 Å². The number of benzene rings is 1. The first kappa shape index (κ1) is 28.9. The lowest BCUT2D eigenvalue weighted by molar-refractivity contribution is 0.0731.